The lowest BCUT2D eigenvalue weighted by Gasteiger charge is -2.18. The molecule has 128 valence electrons. The number of hydrogen-bond acceptors (Lipinski definition) is 4. The van der Waals surface area contributed by atoms with Crippen molar-refractivity contribution in [2.24, 2.45) is 0 Å². The van der Waals surface area contributed by atoms with Gasteiger partial charge in [-0.15, -0.1) is 0 Å². The molecule has 0 spiro atoms. The van der Waals surface area contributed by atoms with Crippen LogP contribution in [-0.2, 0) is 10.8 Å². The van der Waals surface area contributed by atoms with Crippen LogP contribution in [0.2, 0.25) is 0 Å². The molecule has 0 saturated carbocycles. The van der Waals surface area contributed by atoms with Crippen LogP contribution in [0, 0.1) is 5.82 Å². The third kappa shape index (κ3) is 3.96. The number of carbonyl (C=O) groups is 1. The molecule has 1 amide bonds. The molecule has 0 radical (unpaired) electrons. The van der Waals surface area contributed by atoms with Crippen molar-refractivity contribution in [2.45, 2.75) is 12.7 Å². The van der Waals surface area contributed by atoms with Crippen molar-refractivity contribution in [3.63, 3.8) is 0 Å². The number of phenolic OH excluding ortho intramolecular Hbond substituents is 1. The summed E-state index contributed by atoms with van der Waals surface area (Å²) in [6.07, 6.45) is -2.47. The third-order valence-electron chi connectivity index (χ3n) is 2.83. The molecule has 0 bridgehead atoms. The van der Waals surface area contributed by atoms with Crippen LogP contribution in [0.25, 0.3) is 0 Å². The summed E-state index contributed by atoms with van der Waals surface area (Å²) in [6, 6.07) is 2.95. The van der Waals surface area contributed by atoms with Crippen LogP contribution in [0.3, 0.4) is 0 Å². The molecule has 10 heteroatoms. The largest absolute Gasteiger partial charge is 0.506 e. The average molecular weight is 348 g/mol. The van der Waals surface area contributed by atoms with Crippen LogP contribution in [0.4, 0.5) is 27.6 Å². The van der Waals surface area contributed by atoms with E-state index in [0.29, 0.717) is 12.1 Å². The first-order chi connectivity index (χ1) is 11.2. The maximum Gasteiger partial charge on any atom is 0.387 e. The Morgan fingerprint density at radius 3 is 2.62 bits per heavy atom. The van der Waals surface area contributed by atoms with Gasteiger partial charge in [0.25, 0.3) is 5.91 Å². The van der Waals surface area contributed by atoms with Crippen molar-refractivity contribution in [3.05, 3.63) is 53.6 Å². The standard InChI is InChI=1S/C14H9F5N2O3/c15-9-6-20-4-3-8(9)12(23)21-10-5-7(1-2-11(10)22)14(18,19)24-13(16)17/h1-6,13,22H,(H,21,23). The van der Waals surface area contributed by atoms with Gasteiger partial charge in [-0.25, -0.2) is 4.39 Å². The Labute approximate surface area is 131 Å². The first kappa shape index (κ1) is 17.6. The number of pyridine rings is 1. The lowest BCUT2D eigenvalue weighted by Crippen LogP contribution is -2.22. The van der Waals surface area contributed by atoms with Crippen LogP contribution in [-0.4, -0.2) is 22.6 Å². The number of anilines is 1. The first-order valence-corrected chi connectivity index (χ1v) is 6.29. The molecule has 2 N–H and O–H groups in total. The number of nitrogens with one attached hydrogen (secondary N) is 1. The van der Waals surface area contributed by atoms with Gasteiger partial charge in [0.05, 0.1) is 23.0 Å². The molecule has 0 aliphatic carbocycles. The Hall–Kier alpha value is -2.75. The topological polar surface area (TPSA) is 71.5 Å². The smallest absolute Gasteiger partial charge is 0.387 e. The molecule has 1 aromatic heterocycles. The summed E-state index contributed by atoms with van der Waals surface area (Å²) in [7, 11) is 0. The van der Waals surface area contributed by atoms with Crippen LogP contribution in [0.15, 0.2) is 36.7 Å². The van der Waals surface area contributed by atoms with Gasteiger partial charge in [0.1, 0.15) is 5.75 Å². The lowest BCUT2D eigenvalue weighted by atomic mass is 10.1. The van der Waals surface area contributed by atoms with E-state index in [-0.39, 0.29) is 0 Å². The molecular weight excluding hydrogens is 339 g/mol. The second-order valence-electron chi connectivity index (χ2n) is 4.44. The van der Waals surface area contributed by atoms with E-state index in [4.69, 9.17) is 0 Å². The zero-order valence-electron chi connectivity index (χ0n) is 11.6. The quantitative estimate of drug-likeness (QED) is 0.641. The highest BCUT2D eigenvalue weighted by Gasteiger charge is 2.37. The summed E-state index contributed by atoms with van der Waals surface area (Å²) in [5.41, 5.74) is -2.03. The summed E-state index contributed by atoms with van der Waals surface area (Å²) >= 11 is 0. The second kappa shape index (κ2) is 6.79. The minimum absolute atomic E-state index is 0.453. The zero-order chi connectivity index (χ0) is 17.9. The fraction of sp³-hybridized carbons (Fsp3) is 0.143. The maximum absolute atomic E-state index is 13.5. The molecule has 0 unspecified atom stereocenters. The molecule has 1 heterocycles. The summed E-state index contributed by atoms with van der Waals surface area (Å²) in [5.74, 6) is -2.66. The number of ether oxygens (including phenoxy) is 1. The van der Waals surface area contributed by atoms with Gasteiger partial charge in [0.2, 0.25) is 0 Å². The number of carbonyl (C=O) groups excluding carboxylic acids is 1. The Balaban J connectivity index is 2.29. The van der Waals surface area contributed by atoms with E-state index < -0.39 is 47.0 Å². The average Bonchev–Trinajstić information content (AvgIpc) is 2.48. The Morgan fingerprint density at radius 1 is 1.29 bits per heavy atom. The van der Waals surface area contributed by atoms with Gasteiger partial charge >= 0.3 is 12.7 Å². The number of halogens is 5. The molecule has 2 rings (SSSR count). The zero-order valence-corrected chi connectivity index (χ0v) is 11.6. The van der Waals surface area contributed by atoms with Crippen LogP contribution in [0.1, 0.15) is 15.9 Å². The van der Waals surface area contributed by atoms with E-state index in [0.717, 1.165) is 24.5 Å². The number of aromatic nitrogens is 1. The number of nitrogens with zero attached hydrogens (tertiary/aromatic N) is 1. The number of rotatable bonds is 5. The van der Waals surface area contributed by atoms with Crippen molar-refractivity contribution in [1.82, 2.24) is 4.98 Å². The summed E-state index contributed by atoms with van der Waals surface area (Å²) in [4.78, 5) is 15.3. The molecule has 0 atom stereocenters. The van der Waals surface area contributed by atoms with E-state index in [1.165, 1.54) is 0 Å². The van der Waals surface area contributed by atoms with E-state index in [9.17, 15) is 31.9 Å². The number of benzene rings is 1. The highest BCUT2D eigenvalue weighted by molar-refractivity contribution is 6.05. The number of alkyl halides is 4. The number of hydrogen-bond donors (Lipinski definition) is 2. The van der Waals surface area contributed by atoms with Crippen molar-refractivity contribution >= 4 is 11.6 Å². The predicted molar refractivity (Wildman–Crippen MR) is 71.2 cm³/mol. The van der Waals surface area contributed by atoms with Gasteiger partial charge in [-0.3, -0.25) is 14.5 Å². The van der Waals surface area contributed by atoms with Crippen molar-refractivity contribution in [1.29, 1.82) is 0 Å². The highest BCUT2D eigenvalue weighted by atomic mass is 19.3. The minimum atomic E-state index is -4.36. The normalized spacial score (nSPS) is 11.6. The highest BCUT2D eigenvalue weighted by Crippen LogP contribution is 2.35. The van der Waals surface area contributed by atoms with Crippen molar-refractivity contribution in [2.75, 3.05) is 5.32 Å². The number of amides is 1. The minimum Gasteiger partial charge on any atom is -0.506 e. The lowest BCUT2D eigenvalue weighted by molar-refractivity contribution is -0.328. The van der Waals surface area contributed by atoms with E-state index in [1.807, 2.05) is 5.32 Å². The molecule has 1 aromatic carbocycles. The second-order valence-corrected chi connectivity index (χ2v) is 4.44. The van der Waals surface area contributed by atoms with Crippen LogP contribution in [0.5, 0.6) is 5.75 Å². The SMILES string of the molecule is O=C(Nc1cc(C(F)(F)OC(F)F)ccc1O)c1ccncc1F. The molecule has 2 aromatic rings. The fourth-order valence-corrected chi connectivity index (χ4v) is 1.75. The molecule has 0 saturated heterocycles. The van der Waals surface area contributed by atoms with Crippen molar-refractivity contribution in [3.8, 4) is 5.75 Å². The molecular formula is C14H9F5N2O3. The van der Waals surface area contributed by atoms with Gasteiger partial charge in [0, 0.05) is 6.20 Å². The van der Waals surface area contributed by atoms with Crippen molar-refractivity contribution < 1.29 is 36.6 Å². The maximum atomic E-state index is 13.5. The first-order valence-electron chi connectivity index (χ1n) is 6.29. The Morgan fingerprint density at radius 2 is 2.00 bits per heavy atom. The van der Waals surface area contributed by atoms with E-state index in [1.54, 1.807) is 0 Å². The van der Waals surface area contributed by atoms with E-state index >= 15 is 0 Å². The van der Waals surface area contributed by atoms with Crippen LogP contribution < -0.4 is 5.32 Å². The van der Waals surface area contributed by atoms with Gasteiger partial charge in [-0.05, 0) is 24.3 Å². The molecule has 5 nitrogen and oxygen atoms in total. The predicted octanol–water partition coefficient (Wildman–Crippen LogP) is 3.47. The Kier molecular flexibility index (Phi) is 4.98. The van der Waals surface area contributed by atoms with Gasteiger partial charge in [0.15, 0.2) is 5.82 Å². The molecule has 0 fully saturated rings. The summed E-state index contributed by atoms with van der Waals surface area (Å²) < 4.78 is 67.6. The van der Waals surface area contributed by atoms with Gasteiger partial charge in [-0.1, -0.05) is 0 Å². The summed E-state index contributed by atoms with van der Waals surface area (Å²) in [6.45, 7) is -3.74. The molecule has 0 aliphatic heterocycles. The summed E-state index contributed by atoms with van der Waals surface area (Å²) in [5, 5.41) is 11.6. The van der Waals surface area contributed by atoms with E-state index in [2.05, 4.69) is 9.72 Å². The molecule has 0 aliphatic rings. The fourth-order valence-electron chi connectivity index (χ4n) is 1.75. The van der Waals surface area contributed by atoms with Crippen LogP contribution >= 0.6 is 0 Å². The van der Waals surface area contributed by atoms with Gasteiger partial charge < -0.3 is 10.4 Å². The number of aromatic hydroxyl groups is 1. The van der Waals surface area contributed by atoms with Gasteiger partial charge in [-0.2, -0.15) is 17.6 Å². The third-order valence-corrected chi connectivity index (χ3v) is 2.83. The Bertz CT molecular complexity index is 755. The molecule has 24 heavy (non-hydrogen) atoms. The number of phenols is 1. The monoisotopic (exact) mass is 348 g/mol.